The molecular weight excluding hydrogens is 589 g/mol. The first kappa shape index (κ1) is 36.8. The van der Waals surface area contributed by atoms with Crippen molar-refractivity contribution in [1.29, 1.82) is 0 Å². The van der Waals surface area contributed by atoms with E-state index in [2.05, 4.69) is 5.32 Å². The predicted molar refractivity (Wildman–Crippen MR) is 178 cm³/mol. The van der Waals surface area contributed by atoms with E-state index in [0.29, 0.717) is 55.0 Å². The zero-order chi connectivity index (χ0) is 34.2. The second-order valence-corrected chi connectivity index (χ2v) is 13.4. The molecule has 1 fully saturated rings. The van der Waals surface area contributed by atoms with Crippen molar-refractivity contribution in [2.24, 2.45) is 0 Å². The van der Waals surface area contributed by atoms with Crippen LogP contribution in [0.1, 0.15) is 101 Å². The molecule has 1 aliphatic heterocycles. The number of nitrogens with one attached hydrogen (secondary N) is 1. The van der Waals surface area contributed by atoms with Crippen molar-refractivity contribution in [2.45, 2.75) is 105 Å². The number of amides is 3. The molecule has 2 aromatic carbocycles. The Bertz CT molecular complexity index is 1370. The van der Waals surface area contributed by atoms with Gasteiger partial charge in [0.15, 0.2) is 0 Å². The van der Waals surface area contributed by atoms with Gasteiger partial charge in [0.2, 0.25) is 0 Å². The van der Waals surface area contributed by atoms with Crippen LogP contribution in [0.4, 0.5) is 9.18 Å². The van der Waals surface area contributed by atoms with Gasteiger partial charge in [0, 0.05) is 67.6 Å². The van der Waals surface area contributed by atoms with Gasteiger partial charge in [-0.25, -0.2) is 9.18 Å². The molecule has 10 heteroatoms. The molecule has 1 atom stereocenters. The van der Waals surface area contributed by atoms with Gasteiger partial charge in [-0.15, -0.1) is 0 Å². The van der Waals surface area contributed by atoms with Gasteiger partial charge in [0.25, 0.3) is 11.8 Å². The van der Waals surface area contributed by atoms with Gasteiger partial charge < -0.3 is 29.3 Å². The van der Waals surface area contributed by atoms with Crippen molar-refractivity contribution >= 4 is 17.9 Å². The van der Waals surface area contributed by atoms with E-state index in [1.165, 1.54) is 18.2 Å². The lowest BCUT2D eigenvalue weighted by molar-refractivity contribution is 0.00749. The van der Waals surface area contributed by atoms with Crippen molar-refractivity contribution in [2.75, 3.05) is 33.4 Å². The quantitative estimate of drug-likeness (QED) is 0.255. The zero-order valence-electron chi connectivity index (χ0n) is 29.0. The van der Waals surface area contributed by atoms with E-state index < -0.39 is 11.4 Å². The molecule has 1 N–H and O–H groups in total. The van der Waals surface area contributed by atoms with Crippen molar-refractivity contribution in [3.05, 3.63) is 52.8 Å². The Balaban J connectivity index is 2.07. The SMILES string of the molecule is CCc1cc(-c2cc(C(=O)NC(C)C)ccc2F)c(OCCCOC)cc1C(=O)N(C(C)C)[C@@H]1CCCN(C(=O)OC(C)(C)C)C1. The van der Waals surface area contributed by atoms with Gasteiger partial charge >= 0.3 is 6.09 Å². The number of methoxy groups -OCH3 is 1. The normalized spacial score (nSPS) is 15.2. The second kappa shape index (κ2) is 16.3. The van der Waals surface area contributed by atoms with Crippen LogP contribution in [-0.4, -0.2) is 84.8 Å². The number of nitrogens with zero attached hydrogens (tertiary/aromatic N) is 2. The van der Waals surface area contributed by atoms with Crippen LogP contribution in [0.2, 0.25) is 0 Å². The molecule has 254 valence electrons. The fourth-order valence-corrected chi connectivity index (χ4v) is 5.69. The highest BCUT2D eigenvalue weighted by Gasteiger charge is 2.35. The number of piperidine rings is 1. The number of benzene rings is 2. The van der Waals surface area contributed by atoms with E-state index in [1.54, 1.807) is 24.1 Å². The highest BCUT2D eigenvalue weighted by molar-refractivity contribution is 5.99. The number of carbonyl (C=O) groups excluding carboxylic acids is 3. The molecule has 0 aromatic heterocycles. The highest BCUT2D eigenvalue weighted by Crippen LogP contribution is 2.37. The fourth-order valence-electron chi connectivity index (χ4n) is 5.69. The summed E-state index contributed by atoms with van der Waals surface area (Å²) >= 11 is 0. The maximum atomic E-state index is 15.5. The molecule has 1 aliphatic rings. The second-order valence-electron chi connectivity index (χ2n) is 13.4. The van der Waals surface area contributed by atoms with Crippen LogP contribution in [-0.2, 0) is 15.9 Å². The number of rotatable bonds is 12. The first-order valence-electron chi connectivity index (χ1n) is 16.4. The summed E-state index contributed by atoms with van der Waals surface area (Å²) in [6, 6.07) is 7.32. The number of aryl methyl sites for hydroxylation is 1. The topological polar surface area (TPSA) is 97.4 Å². The third kappa shape index (κ3) is 9.67. The molecule has 0 radical (unpaired) electrons. The molecule has 3 amide bonds. The average Bonchev–Trinajstić information content (AvgIpc) is 2.98. The Morgan fingerprint density at radius 2 is 1.78 bits per heavy atom. The standard InChI is InChI=1S/C36H52FN3O6/c1-10-25-19-30(29-20-26(14-15-31(29)37)33(41)38-23(2)3)32(45-18-12-17-44-9)21-28(25)34(42)40(24(4)5)27-13-11-16-39(22-27)35(43)46-36(6,7)8/h14-15,19-21,23-24,27H,10-13,16-18,22H2,1-9H3,(H,38,41)/t27-/m1/s1. The molecule has 1 heterocycles. The molecule has 3 rings (SSSR count). The van der Waals surface area contributed by atoms with Crippen LogP contribution in [0.15, 0.2) is 30.3 Å². The van der Waals surface area contributed by atoms with Crippen LogP contribution in [0.25, 0.3) is 11.1 Å². The summed E-state index contributed by atoms with van der Waals surface area (Å²) < 4.78 is 32.5. The van der Waals surface area contributed by atoms with Crippen LogP contribution in [0.5, 0.6) is 5.75 Å². The van der Waals surface area contributed by atoms with Gasteiger partial charge in [-0.2, -0.15) is 0 Å². The summed E-state index contributed by atoms with van der Waals surface area (Å²) in [7, 11) is 1.61. The molecular formula is C36H52FN3O6. The monoisotopic (exact) mass is 641 g/mol. The Morgan fingerprint density at radius 3 is 2.39 bits per heavy atom. The van der Waals surface area contributed by atoms with Crippen LogP contribution in [0, 0.1) is 5.82 Å². The lowest BCUT2D eigenvalue weighted by atomic mass is 9.93. The molecule has 0 aliphatic carbocycles. The van der Waals surface area contributed by atoms with Crippen LogP contribution < -0.4 is 10.1 Å². The van der Waals surface area contributed by atoms with Crippen LogP contribution >= 0.6 is 0 Å². The number of halogens is 1. The van der Waals surface area contributed by atoms with Crippen molar-refractivity contribution in [3.8, 4) is 16.9 Å². The number of carbonyl (C=O) groups is 3. The maximum absolute atomic E-state index is 15.5. The smallest absolute Gasteiger partial charge is 0.410 e. The minimum Gasteiger partial charge on any atom is -0.493 e. The van der Waals surface area contributed by atoms with E-state index in [1.807, 2.05) is 60.3 Å². The predicted octanol–water partition coefficient (Wildman–Crippen LogP) is 6.86. The zero-order valence-corrected chi connectivity index (χ0v) is 29.0. The molecule has 46 heavy (non-hydrogen) atoms. The molecule has 0 unspecified atom stereocenters. The first-order valence-corrected chi connectivity index (χ1v) is 16.4. The van der Waals surface area contributed by atoms with E-state index in [-0.39, 0.29) is 48.2 Å². The van der Waals surface area contributed by atoms with Gasteiger partial charge in [-0.05, 0) is 104 Å². The number of likely N-dealkylation sites (tertiary alicyclic amines) is 1. The van der Waals surface area contributed by atoms with Gasteiger partial charge in [-0.3, -0.25) is 9.59 Å². The van der Waals surface area contributed by atoms with E-state index in [4.69, 9.17) is 14.2 Å². The molecule has 0 saturated carbocycles. The first-order chi connectivity index (χ1) is 21.7. The summed E-state index contributed by atoms with van der Waals surface area (Å²) in [6.07, 6.45) is 2.21. The average molecular weight is 642 g/mol. The van der Waals surface area contributed by atoms with Gasteiger partial charge in [0.05, 0.1) is 12.6 Å². The lowest BCUT2D eigenvalue weighted by Gasteiger charge is -2.42. The van der Waals surface area contributed by atoms with Crippen molar-refractivity contribution in [1.82, 2.24) is 15.1 Å². The number of hydrogen-bond acceptors (Lipinski definition) is 6. The third-order valence-electron chi connectivity index (χ3n) is 7.74. The van der Waals surface area contributed by atoms with E-state index in [9.17, 15) is 14.4 Å². The van der Waals surface area contributed by atoms with E-state index in [0.717, 1.165) is 18.4 Å². The lowest BCUT2D eigenvalue weighted by Crippen LogP contribution is -2.54. The van der Waals surface area contributed by atoms with Crippen LogP contribution in [0.3, 0.4) is 0 Å². The molecule has 9 nitrogen and oxygen atoms in total. The fraction of sp³-hybridized carbons (Fsp3) is 0.583. The minimum atomic E-state index is -0.619. The summed E-state index contributed by atoms with van der Waals surface area (Å²) in [5.74, 6) is -0.638. The Kier molecular flexibility index (Phi) is 13.0. The highest BCUT2D eigenvalue weighted by atomic mass is 19.1. The summed E-state index contributed by atoms with van der Waals surface area (Å²) in [4.78, 5) is 43.7. The Hall–Kier alpha value is -3.66. The molecule has 0 spiro atoms. The minimum absolute atomic E-state index is 0.0815. The number of ether oxygens (including phenoxy) is 3. The summed E-state index contributed by atoms with van der Waals surface area (Å²) in [6.45, 7) is 16.8. The summed E-state index contributed by atoms with van der Waals surface area (Å²) in [5, 5.41) is 2.85. The maximum Gasteiger partial charge on any atom is 0.410 e. The Labute approximate surface area is 273 Å². The molecule has 1 saturated heterocycles. The van der Waals surface area contributed by atoms with Gasteiger partial charge in [0.1, 0.15) is 17.2 Å². The third-order valence-corrected chi connectivity index (χ3v) is 7.74. The van der Waals surface area contributed by atoms with E-state index >= 15 is 4.39 Å². The largest absolute Gasteiger partial charge is 0.493 e. The summed E-state index contributed by atoms with van der Waals surface area (Å²) in [5.41, 5.74) is 1.58. The van der Waals surface area contributed by atoms with Crippen molar-refractivity contribution < 1.29 is 33.0 Å². The van der Waals surface area contributed by atoms with Gasteiger partial charge in [-0.1, -0.05) is 6.92 Å². The Morgan fingerprint density at radius 1 is 1.07 bits per heavy atom. The molecule has 0 bridgehead atoms. The van der Waals surface area contributed by atoms with Crippen molar-refractivity contribution in [3.63, 3.8) is 0 Å². The number of hydrogen-bond donors (Lipinski definition) is 1. The molecule has 2 aromatic rings.